The Morgan fingerprint density at radius 3 is 2.73 bits per heavy atom. The second-order valence-electron chi connectivity index (χ2n) is 5.56. The maximum absolute atomic E-state index is 8.76. The summed E-state index contributed by atoms with van der Waals surface area (Å²) in [5, 5.41) is 16.3. The molecule has 0 aliphatic carbocycles. The van der Waals surface area contributed by atoms with Crippen LogP contribution in [0.25, 0.3) is 0 Å². The van der Waals surface area contributed by atoms with Gasteiger partial charge in [-0.05, 0) is 38.1 Å². The molecule has 3 rings (SSSR count). The van der Waals surface area contributed by atoms with Crippen LogP contribution in [-0.4, -0.2) is 39.3 Å². The molecule has 1 saturated heterocycles. The minimum atomic E-state index is 0.558. The van der Waals surface area contributed by atoms with Crippen LogP contribution >= 0.6 is 0 Å². The third kappa shape index (κ3) is 3.83. The summed E-state index contributed by atoms with van der Waals surface area (Å²) in [5.41, 5.74) is 1.47. The Labute approximate surface area is 130 Å². The number of likely N-dealkylation sites (tertiary alicyclic amines) is 1. The van der Waals surface area contributed by atoms with E-state index in [4.69, 9.17) is 5.26 Å². The van der Waals surface area contributed by atoms with E-state index in [1.165, 1.54) is 32.4 Å². The van der Waals surface area contributed by atoms with Crippen LogP contribution in [-0.2, 0) is 6.54 Å². The molecule has 0 bridgehead atoms. The van der Waals surface area contributed by atoms with E-state index in [9.17, 15) is 0 Å². The first-order valence-corrected chi connectivity index (χ1v) is 7.71. The molecule has 1 N–H and O–H groups in total. The van der Waals surface area contributed by atoms with Crippen LogP contribution in [0.1, 0.15) is 24.8 Å². The predicted octanol–water partition coefficient (Wildman–Crippen LogP) is 2.38. The molecule has 6 nitrogen and oxygen atoms in total. The highest BCUT2D eigenvalue weighted by Gasteiger charge is 2.09. The first-order chi connectivity index (χ1) is 10.8. The highest BCUT2D eigenvalue weighted by Crippen LogP contribution is 2.14. The van der Waals surface area contributed by atoms with Crippen molar-refractivity contribution in [3.63, 3.8) is 0 Å². The molecule has 0 atom stereocenters. The lowest BCUT2D eigenvalue weighted by Gasteiger charge is -2.26. The number of aromatic nitrogens is 3. The Kier molecular flexibility index (Phi) is 4.66. The molecule has 0 saturated carbocycles. The molecule has 114 valence electrons. The molecule has 6 heteroatoms. The molecular formula is C16H20N6. The second kappa shape index (κ2) is 7.05. The average Bonchev–Trinajstić information content (AvgIpc) is 3.02. The molecule has 0 unspecified atom stereocenters. The van der Waals surface area contributed by atoms with Gasteiger partial charge in [-0.2, -0.15) is 10.4 Å². The standard InChI is InChI=1S/C16H20N6/c17-10-14-4-5-16(18-11-14)20-15-12-19-22(13-15)9-8-21-6-2-1-3-7-21/h4-5,11-13H,1-3,6-9H2,(H,18,20). The zero-order valence-corrected chi connectivity index (χ0v) is 12.6. The van der Waals surface area contributed by atoms with Crippen molar-refractivity contribution in [2.24, 2.45) is 0 Å². The smallest absolute Gasteiger partial charge is 0.130 e. The molecule has 0 radical (unpaired) electrons. The molecule has 2 aromatic rings. The third-order valence-electron chi connectivity index (χ3n) is 3.89. The van der Waals surface area contributed by atoms with Crippen molar-refractivity contribution < 1.29 is 0 Å². The molecule has 1 aliphatic heterocycles. The van der Waals surface area contributed by atoms with Gasteiger partial charge in [0.2, 0.25) is 0 Å². The first kappa shape index (κ1) is 14.5. The topological polar surface area (TPSA) is 69.8 Å². The van der Waals surface area contributed by atoms with Gasteiger partial charge in [-0.1, -0.05) is 6.42 Å². The predicted molar refractivity (Wildman–Crippen MR) is 84.8 cm³/mol. The summed E-state index contributed by atoms with van der Waals surface area (Å²) in [6, 6.07) is 5.60. The Hall–Kier alpha value is -2.39. The molecule has 0 spiro atoms. The van der Waals surface area contributed by atoms with Gasteiger partial charge in [0, 0.05) is 18.9 Å². The lowest BCUT2D eigenvalue weighted by Crippen LogP contribution is -2.32. The van der Waals surface area contributed by atoms with Gasteiger partial charge in [0.25, 0.3) is 0 Å². The Morgan fingerprint density at radius 2 is 2.00 bits per heavy atom. The number of pyridine rings is 1. The van der Waals surface area contributed by atoms with Crippen molar-refractivity contribution in [2.45, 2.75) is 25.8 Å². The Balaban J connectivity index is 1.53. The average molecular weight is 296 g/mol. The zero-order chi connectivity index (χ0) is 15.2. The second-order valence-corrected chi connectivity index (χ2v) is 5.56. The Bertz CT molecular complexity index is 633. The number of anilines is 2. The number of piperidine rings is 1. The molecule has 0 amide bonds. The third-order valence-corrected chi connectivity index (χ3v) is 3.89. The maximum atomic E-state index is 8.76. The summed E-state index contributed by atoms with van der Waals surface area (Å²) in [4.78, 5) is 6.70. The molecule has 1 fully saturated rings. The summed E-state index contributed by atoms with van der Waals surface area (Å²) in [7, 11) is 0. The van der Waals surface area contributed by atoms with Gasteiger partial charge in [-0.25, -0.2) is 4.98 Å². The van der Waals surface area contributed by atoms with Gasteiger partial charge < -0.3 is 10.2 Å². The number of hydrogen-bond donors (Lipinski definition) is 1. The van der Waals surface area contributed by atoms with Gasteiger partial charge >= 0.3 is 0 Å². The fourth-order valence-electron chi connectivity index (χ4n) is 2.66. The summed E-state index contributed by atoms with van der Waals surface area (Å²) >= 11 is 0. The van der Waals surface area contributed by atoms with Crippen LogP contribution in [0.2, 0.25) is 0 Å². The zero-order valence-electron chi connectivity index (χ0n) is 12.6. The van der Waals surface area contributed by atoms with Crippen molar-refractivity contribution in [3.8, 4) is 6.07 Å². The summed E-state index contributed by atoms with van der Waals surface area (Å²) in [6.45, 7) is 4.38. The van der Waals surface area contributed by atoms with E-state index in [0.717, 1.165) is 24.6 Å². The molecule has 3 heterocycles. The monoisotopic (exact) mass is 296 g/mol. The van der Waals surface area contributed by atoms with Crippen LogP contribution in [0.15, 0.2) is 30.7 Å². The lowest BCUT2D eigenvalue weighted by atomic mass is 10.1. The van der Waals surface area contributed by atoms with Gasteiger partial charge in [-0.3, -0.25) is 4.68 Å². The van der Waals surface area contributed by atoms with Crippen LogP contribution in [0.4, 0.5) is 11.5 Å². The highest BCUT2D eigenvalue weighted by molar-refractivity contribution is 5.54. The van der Waals surface area contributed by atoms with E-state index in [1.807, 2.05) is 10.9 Å². The van der Waals surface area contributed by atoms with E-state index in [-0.39, 0.29) is 0 Å². The fourth-order valence-corrected chi connectivity index (χ4v) is 2.66. The van der Waals surface area contributed by atoms with E-state index in [2.05, 4.69) is 26.4 Å². The minimum Gasteiger partial charge on any atom is -0.338 e. The van der Waals surface area contributed by atoms with Crippen molar-refractivity contribution in [1.29, 1.82) is 5.26 Å². The molecule has 2 aromatic heterocycles. The SMILES string of the molecule is N#Cc1ccc(Nc2cnn(CCN3CCCCC3)c2)nc1. The van der Waals surface area contributed by atoms with Crippen LogP contribution < -0.4 is 5.32 Å². The minimum absolute atomic E-state index is 0.558. The fraction of sp³-hybridized carbons (Fsp3) is 0.438. The number of nitriles is 1. The van der Waals surface area contributed by atoms with Gasteiger partial charge in [0.1, 0.15) is 11.9 Å². The summed E-state index contributed by atoms with van der Waals surface area (Å²) in [5.74, 6) is 0.717. The lowest BCUT2D eigenvalue weighted by molar-refractivity contribution is 0.218. The normalized spacial score (nSPS) is 15.4. The van der Waals surface area contributed by atoms with Gasteiger partial charge in [0.05, 0.1) is 24.0 Å². The van der Waals surface area contributed by atoms with Gasteiger partial charge in [-0.15, -0.1) is 0 Å². The molecular weight excluding hydrogens is 276 g/mol. The van der Waals surface area contributed by atoms with E-state index >= 15 is 0 Å². The molecule has 22 heavy (non-hydrogen) atoms. The summed E-state index contributed by atoms with van der Waals surface area (Å²) in [6.07, 6.45) is 9.35. The van der Waals surface area contributed by atoms with Crippen LogP contribution in [0.3, 0.4) is 0 Å². The highest BCUT2D eigenvalue weighted by atomic mass is 15.3. The first-order valence-electron chi connectivity index (χ1n) is 7.71. The van der Waals surface area contributed by atoms with Crippen molar-refractivity contribution in [1.82, 2.24) is 19.7 Å². The number of hydrogen-bond acceptors (Lipinski definition) is 5. The van der Waals surface area contributed by atoms with E-state index in [1.54, 1.807) is 24.5 Å². The number of nitrogens with one attached hydrogen (secondary N) is 1. The van der Waals surface area contributed by atoms with Crippen molar-refractivity contribution in [3.05, 3.63) is 36.3 Å². The van der Waals surface area contributed by atoms with Gasteiger partial charge in [0.15, 0.2) is 0 Å². The van der Waals surface area contributed by atoms with Crippen molar-refractivity contribution in [2.75, 3.05) is 25.0 Å². The Morgan fingerprint density at radius 1 is 1.14 bits per heavy atom. The molecule has 1 aliphatic rings. The number of rotatable bonds is 5. The van der Waals surface area contributed by atoms with E-state index in [0.29, 0.717) is 5.56 Å². The van der Waals surface area contributed by atoms with Crippen LogP contribution in [0, 0.1) is 11.3 Å². The van der Waals surface area contributed by atoms with E-state index < -0.39 is 0 Å². The maximum Gasteiger partial charge on any atom is 0.130 e. The molecule has 0 aromatic carbocycles. The summed E-state index contributed by atoms with van der Waals surface area (Å²) < 4.78 is 1.96. The quantitative estimate of drug-likeness (QED) is 0.917. The number of nitrogens with zero attached hydrogens (tertiary/aromatic N) is 5. The van der Waals surface area contributed by atoms with Crippen LogP contribution in [0.5, 0.6) is 0 Å². The largest absolute Gasteiger partial charge is 0.338 e. The van der Waals surface area contributed by atoms with Crippen molar-refractivity contribution >= 4 is 11.5 Å².